The van der Waals surface area contributed by atoms with E-state index >= 15 is 0 Å². The van der Waals surface area contributed by atoms with Gasteiger partial charge in [0.25, 0.3) is 11.8 Å². The summed E-state index contributed by atoms with van der Waals surface area (Å²) in [4.78, 5) is 46.0. The van der Waals surface area contributed by atoms with Crippen molar-refractivity contribution in [2.45, 2.75) is 20.8 Å². The fraction of sp³-hybridized carbons (Fsp3) is 0.158. The summed E-state index contributed by atoms with van der Waals surface area (Å²) < 4.78 is 6.97. The molecule has 1 aromatic carbocycles. The molecule has 0 bridgehead atoms. The first-order valence-corrected chi connectivity index (χ1v) is 8.12. The van der Waals surface area contributed by atoms with Crippen molar-refractivity contribution < 1.29 is 23.9 Å². The number of aromatic nitrogens is 1. The number of hydrogen-bond acceptors (Lipinski definition) is 5. The summed E-state index contributed by atoms with van der Waals surface area (Å²) in [5, 5.41) is 4.10. The van der Waals surface area contributed by atoms with Crippen LogP contribution in [0.25, 0.3) is 11.8 Å². The number of carbonyl (C=O) groups excluding carboxylic acids is 4. The first-order valence-electron chi connectivity index (χ1n) is 8.12. The molecule has 8 heteroatoms. The maximum atomic E-state index is 11.9. The monoisotopic (exact) mass is 367 g/mol. The average Bonchev–Trinajstić information content (AvgIpc) is 2.85. The van der Waals surface area contributed by atoms with Crippen LogP contribution in [0.15, 0.2) is 35.9 Å². The van der Waals surface area contributed by atoms with Crippen molar-refractivity contribution in [3.05, 3.63) is 52.9 Å². The predicted molar refractivity (Wildman–Crippen MR) is 96.2 cm³/mol. The van der Waals surface area contributed by atoms with Gasteiger partial charge in [-0.1, -0.05) is 0 Å². The van der Waals surface area contributed by atoms with Crippen LogP contribution in [0.4, 0.5) is 4.79 Å². The predicted octanol–water partition coefficient (Wildman–Crippen LogP) is 1.77. The van der Waals surface area contributed by atoms with Crippen LogP contribution in [-0.4, -0.2) is 28.4 Å². The third-order valence-electron chi connectivity index (χ3n) is 4.07. The molecule has 0 atom stereocenters. The molecule has 0 spiro atoms. The van der Waals surface area contributed by atoms with Crippen LogP contribution >= 0.6 is 0 Å². The van der Waals surface area contributed by atoms with Gasteiger partial charge in [0, 0.05) is 24.0 Å². The van der Waals surface area contributed by atoms with Gasteiger partial charge in [-0.25, -0.2) is 4.79 Å². The van der Waals surface area contributed by atoms with E-state index in [0.29, 0.717) is 11.3 Å². The minimum absolute atomic E-state index is 0.139. The molecule has 2 N–H and O–H groups in total. The summed E-state index contributed by atoms with van der Waals surface area (Å²) in [6, 6.07) is 7.96. The van der Waals surface area contributed by atoms with E-state index in [4.69, 9.17) is 4.74 Å². The third kappa shape index (κ3) is 3.64. The Morgan fingerprint density at radius 2 is 1.63 bits per heavy atom. The van der Waals surface area contributed by atoms with E-state index in [9.17, 15) is 19.2 Å². The van der Waals surface area contributed by atoms with Crippen LogP contribution in [-0.2, 0) is 14.4 Å². The maximum Gasteiger partial charge on any atom is 0.328 e. The van der Waals surface area contributed by atoms with Crippen molar-refractivity contribution in [3.63, 3.8) is 0 Å². The van der Waals surface area contributed by atoms with E-state index in [-0.39, 0.29) is 5.57 Å². The van der Waals surface area contributed by atoms with Crippen molar-refractivity contribution in [2.24, 2.45) is 0 Å². The van der Waals surface area contributed by atoms with Crippen molar-refractivity contribution in [2.75, 3.05) is 0 Å². The molecule has 0 saturated carbocycles. The highest BCUT2D eigenvalue weighted by atomic mass is 16.5. The summed E-state index contributed by atoms with van der Waals surface area (Å²) in [6.45, 7) is 5.07. The number of aryl methyl sites for hydroxylation is 1. The Balaban J connectivity index is 1.97. The highest BCUT2D eigenvalue weighted by Crippen LogP contribution is 2.24. The normalized spacial score (nSPS) is 13.9. The summed E-state index contributed by atoms with van der Waals surface area (Å²) >= 11 is 0. The van der Waals surface area contributed by atoms with Gasteiger partial charge in [0.2, 0.25) is 0 Å². The Hall–Kier alpha value is -3.68. The van der Waals surface area contributed by atoms with Gasteiger partial charge in [0.05, 0.1) is 0 Å². The molecule has 27 heavy (non-hydrogen) atoms. The minimum atomic E-state index is -0.833. The standard InChI is InChI=1S/C19H17N3O5/c1-10-8-13(9-16-17(24)20-19(26)21-18(16)25)11(2)22(10)14-4-6-15(7-5-14)27-12(3)23/h4-9H,1-3H3,(H2,20,21,24,25,26). The lowest BCUT2D eigenvalue weighted by Crippen LogP contribution is -2.51. The van der Waals surface area contributed by atoms with Gasteiger partial charge in [0.15, 0.2) is 0 Å². The highest BCUT2D eigenvalue weighted by Gasteiger charge is 2.28. The van der Waals surface area contributed by atoms with Gasteiger partial charge in [0.1, 0.15) is 11.3 Å². The van der Waals surface area contributed by atoms with Crippen LogP contribution in [0, 0.1) is 13.8 Å². The first-order chi connectivity index (χ1) is 12.8. The van der Waals surface area contributed by atoms with E-state index in [1.54, 1.807) is 24.3 Å². The largest absolute Gasteiger partial charge is 0.427 e. The fourth-order valence-corrected chi connectivity index (χ4v) is 2.92. The number of carbonyl (C=O) groups is 4. The fourth-order valence-electron chi connectivity index (χ4n) is 2.92. The zero-order valence-electron chi connectivity index (χ0n) is 15.0. The van der Waals surface area contributed by atoms with Crippen molar-refractivity contribution in [1.82, 2.24) is 15.2 Å². The van der Waals surface area contributed by atoms with Crippen LogP contribution in [0.3, 0.4) is 0 Å². The third-order valence-corrected chi connectivity index (χ3v) is 4.07. The van der Waals surface area contributed by atoms with E-state index in [1.807, 2.05) is 35.1 Å². The highest BCUT2D eigenvalue weighted by molar-refractivity contribution is 6.31. The van der Waals surface area contributed by atoms with Crippen molar-refractivity contribution >= 4 is 29.9 Å². The zero-order valence-corrected chi connectivity index (χ0v) is 15.0. The molecule has 4 amide bonds. The number of benzene rings is 1. The average molecular weight is 367 g/mol. The number of imide groups is 2. The Morgan fingerprint density at radius 1 is 1.04 bits per heavy atom. The number of urea groups is 1. The number of rotatable bonds is 3. The van der Waals surface area contributed by atoms with Gasteiger partial charge in [-0.05, 0) is 55.8 Å². The second kappa shape index (κ2) is 6.91. The van der Waals surface area contributed by atoms with Gasteiger partial charge >= 0.3 is 12.0 Å². The molecule has 1 aliphatic heterocycles. The van der Waals surface area contributed by atoms with Crippen LogP contribution < -0.4 is 15.4 Å². The molecule has 1 aliphatic rings. The summed E-state index contributed by atoms with van der Waals surface area (Å²) in [5.41, 5.74) is 3.05. The minimum Gasteiger partial charge on any atom is -0.427 e. The molecule has 3 rings (SSSR count). The molecular weight excluding hydrogens is 350 g/mol. The molecule has 1 fully saturated rings. The molecule has 8 nitrogen and oxygen atoms in total. The number of nitrogens with zero attached hydrogens (tertiary/aromatic N) is 1. The maximum absolute atomic E-state index is 11.9. The second-order valence-electron chi connectivity index (χ2n) is 6.04. The van der Waals surface area contributed by atoms with Gasteiger partial charge < -0.3 is 9.30 Å². The van der Waals surface area contributed by atoms with Crippen molar-refractivity contribution in [1.29, 1.82) is 0 Å². The van der Waals surface area contributed by atoms with Gasteiger partial charge in [-0.3, -0.25) is 25.0 Å². The van der Waals surface area contributed by atoms with Crippen LogP contribution in [0.5, 0.6) is 5.75 Å². The number of ether oxygens (including phenoxy) is 1. The summed E-state index contributed by atoms with van der Waals surface area (Å²) in [5.74, 6) is -1.43. The molecule has 1 saturated heterocycles. The molecule has 1 aromatic heterocycles. The van der Waals surface area contributed by atoms with E-state index in [1.165, 1.54) is 13.0 Å². The van der Waals surface area contributed by atoms with Gasteiger partial charge in [-0.15, -0.1) is 0 Å². The number of barbiturate groups is 1. The lowest BCUT2D eigenvalue weighted by atomic mass is 10.1. The number of esters is 1. The summed E-state index contributed by atoms with van der Waals surface area (Å²) in [6.07, 6.45) is 1.45. The molecule has 138 valence electrons. The Bertz CT molecular complexity index is 977. The molecule has 0 radical (unpaired) electrons. The van der Waals surface area contributed by atoms with Crippen LogP contribution in [0.1, 0.15) is 23.9 Å². The Morgan fingerprint density at radius 3 is 2.19 bits per heavy atom. The summed E-state index contributed by atoms with van der Waals surface area (Å²) in [7, 11) is 0. The molecule has 0 aliphatic carbocycles. The smallest absolute Gasteiger partial charge is 0.328 e. The lowest BCUT2D eigenvalue weighted by Gasteiger charge is -2.14. The van der Waals surface area contributed by atoms with E-state index in [2.05, 4.69) is 0 Å². The van der Waals surface area contributed by atoms with Crippen LogP contribution in [0.2, 0.25) is 0 Å². The molecule has 0 unspecified atom stereocenters. The molecule has 2 aromatic rings. The quantitative estimate of drug-likeness (QED) is 0.372. The van der Waals surface area contributed by atoms with E-state index < -0.39 is 23.8 Å². The SMILES string of the molecule is CC(=O)Oc1ccc(-n2c(C)cc(C=C3C(=O)NC(=O)NC3=O)c2C)cc1. The molecule has 2 heterocycles. The van der Waals surface area contributed by atoms with Crippen molar-refractivity contribution in [3.8, 4) is 11.4 Å². The second-order valence-corrected chi connectivity index (χ2v) is 6.04. The number of hydrogen-bond donors (Lipinski definition) is 2. The topological polar surface area (TPSA) is 106 Å². The molecular formula is C19H17N3O5. The lowest BCUT2D eigenvalue weighted by molar-refractivity contribution is -0.132. The Labute approximate surface area is 154 Å². The zero-order chi connectivity index (χ0) is 19.7. The first kappa shape index (κ1) is 18.1. The van der Waals surface area contributed by atoms with Gasteiger partial charge in [-0.2, -0.15) is 0 Å². The Kier molecular flexibility index (Phi) is 4.64. The number of nitrogens with one attached hydrogen (secondary N) is 2. The number of amides is 4. The van der Waals surface area contributed by atoms with E-state index in [0.717, 1.165) is 17.1 Å².